The Kier molecular flexibility index (Phi) is 5.63. The van der Waals surface area contributed by atoms with E-state index in [1.165, 1.54) is 5.56 Å². The van der Waals surface area contributed by atoms with Crippen molar-refractivity contribution in [2.24, 2.45) is 0 Å². The molecule has 0 bridgehead atoms. The van der Waals surface area contributed by atoms with Crippen LogP contribution in [0.2, 0.25) is 0 Å². The zero-order chi connectivity index (χ0) is 14.2. The first-order valence-electron chi connectivity index (χ1n) is 7.32. The Labute approximate surface area is 122 Å². The molecular formula is C18H23NO. The summed E-state index contributed by atoms with van der Waals surface area (Å²) in [6.45, 7) is 7.37. The van der Waals surface area contributed by atoms with E-state index in [2.05, 4.69) is 43.0 Å². The summed E-state index contributed by atoms with van der Waals surface area (Å²) in [6, 6.07) is 20.5. The molecule has 2 heteroatoms. The number of likely N-dealkylation sites (N-methyl/N-ethyl adjacent to an activating group) is 1. The number of benzene rings is 2. The van der Waals surface area contributed by atoms with Gasteiger partial charge in [0.15, 0.2) is 0 Å². The molecule has 0 heterocycles. The molecule has 0 unspecified atom stereocenters. The molecule has 2 aromatic carbocycles. The third-order valence-corrected chi connectivity index (χ3v) is 3.51. The van der Waals surface area contributed by atoms with Crippen molar-refractivity contribution >= 4 is 0 Å². The molecule has 0 amide bonds. The lowest BCUT2D eigenvalue weighted by Crippen LogP contribution is -2.30. The second-order valence-electron chi connectivity index (χ2n) is 4.82. The number of hydrogen-bond acceptors (Lipinski definition) is 2. The van der Waals surface area contributed by atoms with Crippen molar-refractivity contribution in [2.75, 3.05) is 19.6 Å². The summed E-state index contributed by atoms with van der Waals surface area (Å²) >= 11 is 0. The zero-order valence-electron chi connectivity index (χ0n) is 12.3. The highest BCUT2D eigenvalue weighted by molar-refractivity contribution is 5.24. The van der Waals surface area contributed by atoms with Gasteiger partial charge in [-0.15, -0.1) is 0 Å². The Bertz CT molecular complexity index is 479. The van der Waals surface area contributed by atoms with Gasteiger partial charge in [-0.25, -0.2) is 0 Å². The first kappa shape index (κ1) is 14.6. The van der Waals surface area contributed by atoms with E-state index in [4.69, 9.17) is 4.74 Å². The summed E-state index contributed by atoms with van der Waals surface area (Å²) in [5, 5.41) is 0. The molecular weight excluding hydrogens is 246 g/mol. The third kappa shape index (κ3) is 4.10. The molecule has 0 saturated heterocycles. The minimum absolute atomic E-state index is 0.0681. The molecule has 1 atom stereocenters. The first-order chi connectivity index (χ1) is 9.83. The van der Waals surface area contributed by atoms with Gasteiger partial charge in [0.2, 0.25) is 0 Å². The standard InChI is InChI=1S/C18H23NO/c1-3-19(4-2)15-18(16-11-7-5-8-12-16)20-17-13-9-6-10-14-17/h5-14,18H,3-4,15H2,1-2H3/t18-/m1/s1. The maximum Gasteiger partial charge on any atom is 0.136 e. The zero-order valence-corrected chi connectivity index (χ0v) is 12.3. The maximum absolute atomic E-state index is 6.19. The Morgan fingerprint density at radius 1 is 0.850 bits per heavy atom. The van der Waals surface area contributed by atoms with Crippen molar-refractivity contribution in [3.05, 3.63) is 66.2 Å². The molecule has 0 saturated carbocycles. The van der Waals surface area contributed by atoms with Crippen LogP contribution in [0.25, 0.3) is 0 Å². The summed E-state index contributed by atoms with van der Waals surface area (Å²) in [6.07, 6.45) is 0.0681. The predicted octanol–water partition coefficient (Wildman–Crippen LogP) is 4.15. The van der Waals surface area contributed by atoms with Crippen molar-refractivity contribution in [2.45, 2.75) is 20.0 Å². The molecule has 0 radical (unpaired) electrons. The minimum Gasteiger partial charge on any atom is -0.484 e. The quantitative estimate of drug-likeness (QED) is 0.748. The number of ether oxygens (including phenoxy) is 1. The van der Waals surface area contributed by atoms with Gasteiger partial charge in [0.1, 0.15) is 11.9 Å². The van der Waals surface area contributed by atoms with Crippen LogP contribution >= 0.6 is 0 Å². The van der Waals surface area contributed by atoms with Crippen LogP contribution in [0.3, 0.4) is 0 Å². The second kappa shape index (κ2) is 7.71. The van der Waals surface area contributed by atoms with Crippen LogP contribution in [0.15, 0.2) is 60.7 Å². The molecule has 0 aliphatic carbocycles. The molecule has 20 heavy (non-hydrogen) atoms. The van der Waals surface area contributed by atoms with Gasteiger partial charge in [-0.3, -0.25) is 4.90 Å². The summed E-state index contributed by atoms with van der Waals surface area (Å²) in [4.78, 5) is 2.39. The molecule has 0 aromatic heterocycles. The van der Waals surface area contributed by atoms with Crippen molar-refractivity contribution < 1.29 is 4.74 Å². The summed E-state index contributed by atoms with van der Waals surface area (Å²) in [7, 11) is 0. The molecule has 0 spiro atoms. The molecule has 0 aliphatic heterocycles. The van der Waals surface area contributed by atoms with Gasteiger partial charge in [-0.2, -0.15) is 0 Å². The topological polar surface area (TPSA) is 12.5 Å². The molecule has 2 nitrogen and oxygen atoms in total. The fraction of sp³-hybridized carbons (Fsp3) is 0.333. The number of rotatable bonds is 7. The average Bonchev–Trinajstić information content (AvgIpc) is 2.53. The van der Waals surface area contributed by atoms with E-state index in [1.807, 2.05) is 36.4 Å². The van der Waals surface area contributed by atoms with Gasteiger partial charge >= 0.3 is 0 Å². The molecule has 2 rings (SSSR count). The maximum atomic E-state index is 6.19. The number of para-hydroxylation sites is 1. The fourth-order valence-corrected chi connectivity index (χ4v) is 2.26. The summed E-state index contributed by atoms with van der Waals surface area (Å²) < 4.78 is 6.19. The number of nitrogens with zero attached hydrogens (tertiary/aromatic N) is 1. The molecule has 0 fully saturated rings. The third-order valence-electron chi connectivity index (χ3n) is 3.51. The molecule has 0 N–H and O–H groups in total. The van der Waals surface area contributed by atoms with Gasteiger partial charge in [-0.1, -0.05) is 62.4 Å². The van der Waals surface area contributed by atoms with Crippen LogP contribution in [0.4, 0.5) is 0 Å². The lowest BCUT2D eigenvalue weighted by molar-refractivity contribution is 0.140. The smallest absolute Gasteiger partial charge is 0.136 e. The largest absolute Gasteiger partial charge is 0.484 e. The lowest BCUT2D eigenvalue weighted by Gasteiger charge is -2.26. The van der Waals surface area contributed by atoms with Crippen LogP contribution in [-0.2, 0) is 0 Å². The van der Waals surface area contributed by atoms with E-state index in [0.29, 0.717) is 0 Å². The monoisotopic (exact) mass is 269 g/mol. The van der Waals surface area contributed by atoms with Crippen LogP contribution < -0.4 is 4.74 Å². The Balaban J connectivity index is 2.16. The molecule has 2 aromatic rings. The van der Waals surface area contributed by atoms with Gasteiger partial charge in [0.25, 0.3) is 0 Å². The SMILES string of the molecule is CCN(CC)C[C@@H](Oc1ccccc1)c1ccccc1. The van der Waals surface area contributed by atoms with Crippen LogP contribution in [0, 0.1) is 0 Å². The van der Waals surface area contributed by atoms with Gasteiger partial charge in [-0.05, 0) is 30.8 Å². The van der Waals surface area contributed by atoms with Gasteiger partial charge < -0.3 is 4.74 Å². The van der Waals surface area contributed by atoms with Crippen molar-refractivity contribution in [1.29, 1.82) is 0 Å². The highest BCUT2D eigenvalue weighted by atomic mass is 16.5. The van der Waals surface area contributed by atoms with E-state index in [1.54, 1.807) is 0 Å². The lowest BCUT2D eigenvalue weighted by atomic mass is 10.1. The van der Waals surface area contributed by atoms with Crippen molar-refractivity contribution in [3.8, 4) is 5.75 Å². The van der Waals surface area contributed by atoms with E-state index < -0.39 is 0 Å². The highest BCUT2D eigenvalue weighted by Gasteiger charge is 2.16. The fourth-order valence-electron chi connectivity index (χ4n) is 2.26. The Hall–Kier alpha value is -1.80. The summed E-state index contributed by atoms with van der Waals surface area (Å²) in [5.74, 6) is 0.925. The van der Waals surface area contributed by atoms with Gasteiger partial charge in [0.05, 0.1) is 0 Å². The Morgan fingerprint density at radius 3 is 1.95 bits per heavy atom. The van der Waals surface area contributed by atoms with Crippen molar-refractivity contribution in [1.82, 2.24) is 4.90 Å². The molecule has 106 valence electrons. The first-order valence-corrected chi connectivity index (χ1v) is 7.32. The molecule has 0 aliphatic rings. The second-order valence-corrected chi connectivity index (χ2v) is 4.82. The van der Waals surface area contributed by atoms with Crippen LogP contribution in [-0.4, -0.2) is 24.5 Å². The highest BCUT2D eigenvalue weighted by Crippen LogP contribution is 2.22. The van der Waals surface area contributed by atoms with Crippen LogP contribution in [0.5, 0.6) is 5.75 Å². The average molecular weight is 269 g/mol. The van der Waals surface area contributed by atoms with Crippen LogP contribution in [0.1, 0.15) is 25.5 Å². The predicted molar refractivity (Wildman–Crippen MR) is 84.0 cm³/mol. The normalized spacial score (nSPS) is 12.3. The Morgan fingerprint density at radius 2 is 1.40 bits per heavy atom. The van der Waals surface area contributed by atoms with E-state index in [0.717, 1.165) is 25.4 Å². The van der Waals surface area contributed by atoms with Crippen molar-refractivity contribution in [3.63, 3.8) is 0 Å². The van der Waals surface area contributed by atoms with E-state index in [-0.39, 0.29) is 6.10 Å². The van der Waals surface area contributed by atoms with E-state index in [9.17, 15) is 0 Å². The summed E-state index contributed by atoms with van der Waals surface area (Å²) in [5.41, 5.74) is 1.23. The van der Waals surface area contributed by atoms with E-state index >= 15 is 0 Å². The van der Waals surface area contributed by atoms with Gasteiger partial charge in [0, 0.05) is 6.54 Å². The number of hydrogen-bond donors (Lipinski definition) is 0. The minimum atomic E-state index is 0.0681.